The SMILES string of the molecule is Cc1ccc(C(CNC(=O)CCc2c(C)nc3nc(C(F)(F)F)nn3c2C)N2CCCC2)cc1. The second-order valence-electron chi connectivity index (χ2n) is 8.88. The van der Waals surface area contributed by atoms with Crippen molar-refractivity contribution in [1.29, 1.82) is 0 Å². The molecule has 2 aromatic heterocycles. The van der Waals surface area contributed by atoms with Crippen molar-refractivity contribution in [3.8, 4) is 0 Å². The van der Waals surface area contributed by atoms with E-state index >= 15 is 0 Å². The fraction of sp³-hybridized carbons (Fsp3) is 0.500. The number of amides is 1. The fourth-order valence-electron chi connectivity index (χ4n) is 4.53. The molecule has 0 bridgehead atoms. The Labute approximate surface area is 196 Å². The molecule has 1 unspecified atom stereocenters. The van der Waals surface area contributed by atoms with Gasteiger partial charge in [-0.05, 0) is 64.3 Å². The van der Waals surface area contributed by atoms with Gasteiger partial charge in [-0.15, -0.1) is 5.10 Å². The quantitative estimate of drug-likeness (QED) is 0.561. The van der Waals surface area contributed by atoms with Crippen LogP contribution in [0.15, 0.2) is 24.3 Å². The van der Waals surface area contributed by atoms with E-state index in [1.807, 2.05) is 0 Å². The monoisotopic (exact) mass is 474 g/mol. The van der Waals surface area contributed by atoms with Crippen LogP contribution in [0.1, 0.15) is 59.2 Å². The molecule has 1 atom stereocenters. The van der Waals surface area contributed by atoms with Gasteiger partial charge in [0, 0.05) is 24.4 Å². The van der Waals surface area contributed by atoms with Crippen molar-refractivity contribution in [2.45, 2.75) is 58.7 Å². The Balaban J connectivity index is 1.43. The van der Waals surface area contributed by atoms with Gasteiger partial charge in [0.05, 0.1) is 6.04 Å². The van der Waals surface area contributed by atoms with Crippen LogP contribution in [0.5, 0.6) is 0 Å². The zero-order valence-electron chi connectivity index (χ0n) is 19.6. The highest BCUT2D eigenvalue weighted by atomic mass is 19.4. The van der Waals surface area contributed by atoms with E-state index < -0.39 is 12.0 Å². The van der Waals surface area contributed by atoms with Crippen LogP contribution in [-0.2, 0) is 17.4 Å². The maximum absolute atomic E-state index is 13.0. The summed E-state index contributed by atoms with van der Waals surface area (Å²) in [5.74, 6) is -1.42. The lowest BCUT2D eigenvalue weighted by atomic mass is 10.0. The molecule has 1 amide bonds. The summed E-state index contributed by atoms with van der Waals surface area (Å²) in [5, 5.41) is 6.63. The maximum atomic E-state index is 13.0. The lowest BCUT2D eigenvalue weighted by molar-refractivity contribution is -0.144. The van der Waals surface area contributed by atoms with E-state index in [4.69, 9.17) is 0 Å². The third-order valence-electron chi connectivity index (χ3n) is 6.44. The Morgan fingerprint density at radius 1 is 1.09 bits per heavy atom. The summed E-state index contributed by atoms with van der Waals surface area (Å²) in [6.45, 7) is 7.96. The minimum absolute atomic E-state index is 0.0953. The molecule has 4 rings (SSSR count). The number of likely N-dealkylation sites (tertiary alicyclic amines) is 1. The van der Waals surface area contributed by atoms with E-state index in [0.29, 0.717) is 29.9 Å². The highest BCUT2D eigenvalue weighted by molar-refractivity contribution is 5.76. The van der Waals surface area contributed by atoms with Crippen LogP contribution in [0, 0.1) is 20.8 Å². The number of aromatic nitrogens is 4. The van der Waals surface area contributed by atoms with E-state index in [2.05, 4.69) is 56.5 Å². The summed E-state index contributed by atoms with van der Waals surface area (Å²) in [7, 11) is 0. The number of hydrogen-bond donors (Lipinski definition) is 1. The van der Waals surface area contributed by atoms with Gasteiger partial charge in [-0.25, -0.2) is 9.50 Å². The molecule has 34 heavy (non-hydrogen) atoms. The molecule has 0 saturated carbocycles. The van der Waals surface area contributed by atoms with Crippen molar-refractivity contribution in [3.05, 3.63) is 58.2 Å². The summed E-state index contributed by atoms with van der Waals surface area (Å²) >= 11 is 0. The molecule has 1 aliphatic heterocycles. The van der Waals surface area contributed by atoms with Crippen LogP contribution in [0.25, 0.3) is 5.78 Å². The lowest BCUT2D eigenvalue weighted by Gasteiger charge is -2.28. The lowest BCUT2D eigenvalue weighted by Crippen LogP contribution is -2.37. The van der Waals surface area contributed by atoms with E-state index in [1.54, 1.807) is 13.8 Å². The van der Waals surface area contributed by atoms with Crippen LogP contribution in [0.3, 0.4) is 0 Å². The molecule has 1 aromatic carbocycles. The standard InChI is InChI=1S/C24H29F3N6O/c1-15-6-8-18(9-7-15)20(32-12-4-5-13-32)14-28-21(34)11-10-19-16(2)29-23-30-22(24(25,26)27)31-33(23)17(19)3/h6-9,20H,4-5,10-14H2,1-3H3,(H,28,34). The number of nitrogens with zero attached hydrogens (tertiary/aromatic N) is 5. The Bertz CT molecular complexity index is 1170. The molecule has 3 heterocycles. The van der Waals surface area contributed by atoms with E-state index in [0.717, 1.165) is 30.4 Å². The van der Waals surface area contributed by atoms with Crippen molar-refractivity contribution in [1.82, 2.24) is 29.8 Å². The average molecular weight is 475 g/mol. The highest BCUT2D eigenvalue weighted by Crippen LogP contribution is 2.27. The molecule has 0 radical (unpaired) electrons. The third-order valence-corrected chi connectivity index (χ3v) is 6.44. The molecule has 10 heteroatoms. The summed E-state index contributed by atoms with van der Waals surface area (Å²) < 4.78 is 40.1. The fourth-order valence-corrected chi connectivity index (χ4v) is 4.53. The average Bonchev–Trinajstić information content (AvgIpc) is 3.45. The van der Waals surface area contributed by atoms with Crippen LogP contribution >= 0.6 is 0 Å². The third kappa shape index (κ3) is 5.22. The number of carbonyl (C=O) groups is 1. The van der Waals surface area contributed by atoms with Gasteiger partial charge in [-0.2, -0.15) is 18.2 Å². The highest BCUT2D eigenvalue weighted by Gasteiger charge is 2.37. The predicted octanol–water partition coefficient (Wildman–Crippen LogP) is 3.95. The second-order valence-corrected chi connectivity index (χ2v) is 8.88. The molecule has 1 N–H and O–H groups in total. The van der Waals surface area contributed by atoms with E-state index in [9.17, 15) is 18.0 Å². The van der Waals surface area contributed by atoms with Crippen molar-refractivity contribution in [3.63, 3.8) is 0 Å². The van der Waals surface area contributed by atoms with Gasteiger partial charge >= 0.3 is 6.18 Å². The first-order chi connectivity index (χ1) is 16.1. The first-order valence-corrected chi connectivity index (χ1v) is 11.5. The Morgan fingerprint density at radius 2 is 1.76 bits per heavy atom. The van der Waals surface area contributed by atoms with Crippen molar-refractivity contribution in [2.24, 2.45) is 0 Å². The van der Waals surface area contributed by atoms with Crippen molar-refractivity contribution in [2.75, 3.05) is 19.6 Å². The van der Waals surface area contributed by atoms with Gasteiger partial charge < -0.3 is 5.32 Å². The Morgan fingerprint density at radius 3 is 2.41 bits per heavy atom. The van der Waals surface area contributed by atoms with Crippen molar-refractivity contribution >= 4 is 11.7 Å². The van der Waals surface area contributed by atoms with Gasteiger partial charge in [0.15, 0.2) is 0 Å². The van der Waals surface area contributed by atoms with Gasteiger partial charge in [-0.3, -0.25) is 9.69 Å². The zero-order valence-corrected chi connectivity index (χ0v) is 19.6. The maximum Gasteiger partial charge on any atom is 0.453 e. The number of aryl methyl sites for hydroxylation is 3. The van der Waals surface area contributed by atoms with Crippen LogP contribution in [0.4, 0.5) is 13.2 Å². The molecule has 3 aromatic rings. The van der Waals surface area contributed by atoms with Gasteiger partial charge in [0.2, 0.25) is 5.91 Å². The molecule has 0 spiro atoms. The molecule has 1 saturated heterocycles. The number of fused-ring (bicyclic) bond motifs is 1. The van der Waals surface area contributed by atoms with Crippen LogP contribution < -0.4 is 5.32 Å². The van der Waals surface area contributed by atoms with E-state index in [-0.39, 0.29) is 24.1 Å². The smallest absolute Gasteiger partial charge is 0.354 e. The largest absolute Gasteiger partial charge is 0.453 e. The van der Waals surface area contributed by atoms with Crippen LogP contribution in [0.2, 0.25) is 0 Å². The summed E-state index contributed by atoms with van der Waals surface area (Å²) in [4.78, 5) is 22.8. The molecular formula is C24H29F3N6O. The normalized spacial score (nSPS) is 15.7. The van der Waals surface area contributed by atoms with Crippen molar-refractivity contribution < 1.29 is 18.0 Å². The number of alkyl halides is 3. The number of halogens is 3. The summed E-state index contributed by atoms with van der Waals surface area (Å²) in [5.41, 5.74) is 4.14. The number of rotatable bonds is 7. The van der Waals surface area contributed by atoms with Gasteiger partial charge in [-0.1, -0.05) is 29.8 Å². The first-order valence-electron chi connectivity index (χ1n) is 11.5. The molecule has 1 fully saturated rings. The Hall–Kier alpha value is -3.01. The topological polar surface area (TPSA) is 75.4 Å². The minimum Gasteiger partial charge on any atom is -0.354 e. The number of benzene rings is 1. The molecular weight excluding hydrogens is 445 g/mol. The molecule has 182 valence electrons. The molecule has 0 aliphatic carbocycles. The van der Waals surface area contributed by atoms with Gasteiger partial charge in [0.1, 0.15) is 0 Å². The predicted molar refractivity (Wildman–Crippen MR) is 121 cm³/mol. The molecule has 7 nitrogen and oxygen atoms in total. The number of hydrogen-bond acceptors (Lipinski definition) is 5. The van der Waals surface area contributed by atoms with Gasteiger partial charge in [0.25, 0.3) is 11.6 Å². The Kier molecular flexibility index (Phi) is 6.88. The summed E-state index contributed by atoms with van der Waals surface area (Å²) in [6.07, 6.45) is -1.77. The first kappa shape index (κ1) is 24.1. The zero-order chi connectivity index (χ0) is 24.5. The van der Waals surface area contributed by atoms with Crippen LogP contribution in [-0.4, -0.2) is 50.0 Å². The van der Waals surface area contributed by atoms with E-state index in [1.165, 1.54) is 11.1 Å². The number of carbonyl (C=O) groups excluding carboxylic acids is 1. The minimum atomic E-state index is -4.64. The second kappa shape index (κ2) is 9.69. The molecule has 1 aliphatic rings. The number of nitrogens with one attached hydrogen (secondary N) is 1. The summed E-state index contributed by atoms with van der Waals surface area (Å²) in [6, 6.07) is 8.52.